The van der Waals surface area contributed by atoms with Crippen molar-refractivity contribution in [1.82, 2.24) is 10.6 Å². The van der Waals surface area contributed by atoms with Gasteiger partial charge >= 0.3 is 12.0 Å². The van der Waals surface area contributed by atoms with Crippen LogP contribution < -0.4 is 16.4 Å². The number of hydrogen-bond acceptors (Lipinski definition) is 6. The van der Waals surface area contributed by atoms with Crippen LogP contribution in [-0.4, -0.2) is 53.1 Å². The van der Waals surface area contributed by atoms with Crippen LogP contribution in [0.5, 0.6) is 0 Å². The molecular weight excluding hydrogens is 414 g/mol. The van der Waals surface area contributed by atoms with E-state index in [1.54, 1.807) is 0 Å². The van der Waals surface area contributed by atoms with E-state index in [9.17, 15) is 19.2 Å². The lowest BCUT2D eigenvalue weighted by Gasteiger charge is -2.13. The molecule has 0 bridgehead atoms. The first-order valence-corrected chi connectivity index (χ1v) is 11.5. The summed E-state index contributed by atoms with van der Waals surface area (Å²) in [6.45, 7) is 16.0. The van der Waals surface area contributed by atoms with Gasteiger partial charge in [-0.15, -0.1) is 0 Å². The number of aldehydes is 1. The van der Waals surface area contributed by atoms with Crippen molar-refractivity contribution in [2.75, 3.05) is 6.61 Å². The van der Waals surface area contributed by atoms with Crippen molar-refractivity contribution in [3.8, 4) is 0 Å². The molecule has 1 fully saturated rings. The molecule has 0 aromatic heterocycles. The fourth-order valence-corrected chi connectivity index (χ4v) is 1.79. The predicted octanol–water partition coefficient (Wildman–Crippen LogP) is 2.94. The molecule has 3 amide bonds. The quantitative estimate of drug-likeness (QED) is 0.261. The number of nitrogens with two attached hydrogens (primary N) is 1. The van der Waals surface area contributed by atoms with Gasteiger partial charge in [-0.3, -0.25) is 14.9 Å². The molecule has 6 N–H and O–H groups in total. The highest BCUT2D eigenvalue weighted by molar-refractivity contribution is 6.04. The number of aliphatic carboxylic acids is 1. The second-order valence-corrected chi connectivity index (χ2v) is 8.29. The number of carbonyl (C=O) groups excluding carboxylic acids is 3. The third-order valence-corrected chi connectivity index (χ3v) is 5.45. The molecule has 1 aliphatic heterocycles. The van der Waals surface area contributed by atoms with Gasteiger partial charge in [0.2, 0.25) is 0 Å². The zero-order chi connectivity index (χ0) is 25.9. The number of nitrogens with one attached hydrogen (secondary N) is 2. The number of rotatable bonds is 9. The lowest BCUT2D eigenvalue weighted by atomic mass is 10.00. The summed E-state index contributed by atoms with van der Waals surface area (Å²) in [7, 11) is 0. The summed E-state index contributed by atoms with van der Waals surface area (Å²) < 4.78 is 0. The Labute approximate surface area is 193 Å². The maximum Gasteiger partial charge on any atom is 0.322 e. The Kier molecular flexibility index (Phi) is 22.6. The predicted molar refractivity (Wildman–Crippen MR) is 127 cm³/mol. The number of urea groups is 1. The molecular formula is C23H47N3O6. The van der Waals surface area contributed by atoms with Crippen molar-refractivity contribution < 1.29 is 29.4 Å². The molecule has 0 radical (unpaired) electrons. The lowest BCUT2D eigenvalue weighted by Crippen LogP contribution is -2.36. The number of carbonyl (C=O) groups is 4. The number of aliphatic hydroxyl groups excluding tert-OH is 1. The van der Waals surface area contributed by atoms with Crippen LogP contribution in [0.15, 0.2) is 0 Å². The van der Waals surface area contributed by atoms with Crippen LogP contribution in [0.1, 0.15) is 81.1 Å². The molecule has 0 aliphatic carbocycles. The summed E-state index contributed by atoms with van der Waals surface area (Å²) in [5.74, 6) is -0.0901. The fraction of sp³-hybridized carbons (Fsp3) is 0.826. The largest absolute Gasteiger partial charge is 0.480 e. The third kappa shape index (κ3) is 17.7. The summed E-state index contributed by atoms with van der Waals surface area (Å²) in [6, 6.07) is -1.40. The number of amides is 3. The molecule has 1 aliphatic rings. The summed E-state index contributed by atoms with van der Waals surface area (Å²) in [5, 5.41) is 21.4. The van der Waals surface area contributed by atoms with Gasteiger partial charge in [-0.05, 0) is 24.2 Å². The Morgan fingerprint density at radius 1 is 1.03 bits per heavy atom. The smallest absolute Gasteiger partial charge is 0.322 e. The lowest BCUT2D eigenvalue weighted by molar-refractivity contribution is -0.139. The fourth-order valence-electron chi connectivity index (χ4n) is 1.79. The van der Waals surface area contributed by atoms with E-state index in [2.05, 4.69) is 17.6 Å². The highest BCUT2D eigenvalue weighted by Crippen LogP contribution is 2.10. The number of carboxylic acid groups (broad SMARTS) is 1. The summed E-state index contributed by atoms with van der Waals surface area (Å²) in [6.07, 6.45) is 4.71. The molecule has 9 heteroatoms. The highest BCUT2D eigenvalue weighted by Gasteiger charge is 2.32. The van der Waals surface area contributed by atoms with Gasteiger partial charge in [-0.1, -0.05) is 74.7 Å². The van der Waals surface area contributed by atoms with Crippen molar-refractivity contribution in [1.29, 1.82) is 0 Å². The van der Waals surface area contributed by atoms with Gasteiger partial charge in [-0.2, -0.15) is 0 Å². The van der Waals surface area contributed by atoms with Crippen LogP contribution in [0.3, 0.4) is 0 Å². The second-order valence-electron chi connectivity index (χ2n) is 8.29. The normalized spacial score (nSPS) is 19.0. The molecule has 190 valence electrons. The molecule has 0 spiro atoms. The van der Waals surface area contributed by atoms with Crippen molar-refractivity contribution >= 4 is 24.2 Å². The molecule has 1 rings (SSSR count). The van der Waals surface area contributed by atoms with Crippen LogP contribution in [0.2, 0.25) is 0 Å². The van der Waals surface area contributed by atoms with Crippen molar-refractivity contribution in [2.45, 2.75) is 93.2 Å². The van der Waals surface area contributed by atoms with Crippen LogP contribution in [-0.2, 0) is 14.4 Å². The monoisotopic (exact) mass is 461 g/mol. The van der Waals surface area contributed by atoms with Gasteiger partial charge in [0.25, 0.3) is 5.91 Å². The minimum Gasteiger partial charge on any atom is -0.480 e. The van der Waals surface area contributed by atoms with E-state index in [0.29, 0.717) is 12.5 Å². The average Bonchev–Trinajstić information content (AvgIpc) is 3.14. The van der Waals surface area contributed by atoms with Crippen LogP contribution >= 0.6 is 0 Å². The first-order chi connectivity index (χ1) is 14.9. The highest BCUT2D eigenvalue weighted by atomic mass is 16.4. The third-order valence-electron chi connectivity index (χ3n) is 5.45. The van der Waals surface area contributed by atoms with E-state index in [1.165, 1.54) is 0 Å². The molecule has 0 aromatic carbocycles. The standard InChI is InChI=1S/C7H12N2O2.C6H13NO2.C5H12O.C5H10O/c1-3-4(2)5-6(10)9-7(11)8-5;1-3-4(2)5(7)6(8)9;2*1-3-5(2)4-6/h4-5H,3H2,1-2H3,(H2,8,9,10,11);4-5H,3,7H2,1-2H3,(H,8,9);5-6H,3-4H2,1-2H3;4-5H,3H2,1-2H3/t4-,5?;4-,5-;2*5-/m1101/s1. The zero-order valence-electron chi connectivity index (χ0n) is 21.2. The summed E-state index contributed by atoms with van der Waals surface area (Å²) in [5.41, 5.74) is 5.27. The van der Waals surface area contributed by atoms with Gasteiger partial charge in [0.15, 0.2) is 0 Å². The summed E-state index contributed by atoms with van der Waals surface area (Å²) >= 11 is 0. The first-order valence-electron chi connectivity index (χ1n) is 11.5. The van der Waals surface area contributed by atoms with E-state index in [1.807, 2.05) is 48.5 Å². The number of hydrogen-bond donors (Lipinski definition) is 5. The maximum absolute atomic E-state index is 11.0. The second kappa shape index (κ2) is 20.9. The molecule has 9 nitrogen and oxygen atoms in total. The van der Waals surface area contributed by atoms with Crippen LogP contribution in [0.25, 0.3) is 0 Å². The Morgan fingerprint density at radius 3 is 1.72 bits per heavy atom. The Morgan fingerprint density at radius 2 is 1.56 bits per heavy atom. The van der Waals surface area contributed by atoms with Crippen LogP contribution in [0, 0.1) is 23.7 Å². The Balaban J connectivity index is -0.000000364. The zero-order valence-corrected chi connectivity index (χ0v) is 21.2. The minimum absolute atomic E-state index is 0.0718. The Hall–Kier alpha value is -2.00. The number of carboxylic acids is 1. The van der Waals surface area contributed by atoms with E-state index in [-0.39, 0.29) is 35.7 Å². The average molecular weight is 462 g/mol. The van der Waals surface area contributed by atoms with Crippen molar-refractivity contribution in [3.05, 3.63) is 0 Å². The van der Waals surface area contributed by atoms with Gasteiger partial charge in [0.1, 0.15) is 18.4 Å². The molecule has 6 atom stereocenters. The Bertz CT molecular complexity index is 526. The number of imide groups is 1. The topological polar surface area (TPSA) is 159 Å². The van der Waals surface area contributed by atoms with Gasteiger partial charge in [0, 0.05) is 12.5 Å². The molecule has 1 heterocycles. The first kappa shape index (κ1) is 34.6. The molecule has 32 heavy (non-hydrogen) atoms. The van der Waals surface area contributed by atoms with Crippen LogP contribution in [0.4, 0.5) is 4.79 Å². The minimum atomic E-state index is -0.913. The van der Waals surface area contributed by atoms with E-state index in [4.69, 9.17) is 15.9 Å². The van der Waals surface area contributed by atoms with Crippen molar-refractivity contribution in [3.63, 3.8) is 0 Å². The van der Waals surface area contributed by atoms with Gasteiger partial charge < -0.3 is 26.1 Å². The maximum atomic E-state index is 11.0. The SMILES string of the molecule is CC[C@@H](C)C1NC(=O)NC1=O.CC[C@@H](C)C=O.CC[C@@H](C)[C@@H](N)C(=O)O.CC[C@H](C)CO. The van der Waals surface area contributed by atoms with E-state index >= 15 is 0 Å². The van der Waals surface area contributed by atoms with E-state index in [0.717, 1.165) is 32.0 Å². The van der Waals surface area contributed by atoms with Crippen molar-refractivity contribution in [2.24, 2.45) is 29.4 Å². The van der Waals surface area contributed by atoms with Gasteiger partial charge in [0.05, 0.1) is 0 Å². The summed E-state index contributed by atoms with van der Waals surface area (Å²) in [4.78, 5) is 41.5. The number of aliphatic hydroxyl groups is 1. The molecule has 0 aromatic rings. The van der Waals surface area contributed by atoms with E-state index < -0.39 is 12.0 Å². The molecule has 1 saturated heterocycles. The molecule has 1 unspecified atom stereocenters. The van der Waals surface area contributed by atoms with Gasteiger partial charge in [-0.25, -0.2) is 4.79 Å². The molecule has 0 saturated carbocycles.